The van der Waals surface area contributed by atoms with E-state index in [1.54, 1.807) is 0 Å². The number of hydrogen-bond donors (Lipinski definition) is 2. The lowest BCUT2D eigenvalue weighted by atomic mass is 10.1. The number of rotatable bonds is 6. The molecule has 4 nitrogen and oxygen atoms in total. The lowest BCUT2D eigenvalue weighted by Crippen LogP contribution is -2.30. The molecule has 0 fully saturated rings. The minimum absolute atomic E-state index is 0.0635. The Balaban J connectivity index is 1.77. The van der Waals surface area contributed by atoms with Crippen molar-refractivity contribution in [1.29, 1.82) is 0 Å². The number of benzene rings is 1. The molecule has 108 valence electrons. The summed E-state index contributed by atoms with van der Waals surface area (Å²) in [5.74, 6) is 0.908. The number of hydrogen-bond acceptors (Lipinski definition) is 3. The Kier molecular flexibility index (Phi) is 5.62. The van der Waals surface area contributed by atoms with Gasteiger partial charge in [-0.2, -0.15) is 0 Å². The zero-order valence-electron chi connectivity index (χ0n) is 11.9. The number of carbonyl (C=O) groups is 1. The highest BCUT2D eigenvalue weighted by molar-refractivity contribution is 5.78. The van der Waals surface area contributed by atoms with Crippen molar-refractivity contribution in [2.75, 3.05) is 26.2 Å². The molecule has 1 heterocycles. The lowest BCUT2D eigenvalue weighted by molar-refractivity contribution is -0.120. The summed E-state index contributed by atoms with van der Waals surface area (Å²) >= 11 is 0. The number of carbonyl (C=O) groups excluding carboxylic acids is 1. The first kappa shape index (κ1) is 14.6. The highest BCUT2D eigenvalue weighted by atomic mass is 16.5. The monoisotopic (exact) mass is 274 g/mol. The first-order valence-corrected chi connectivity index (χ1v) is 7.15. The van der Waals surface area contributed by atoms with Gasteiger partial charge in [0, 0.05) is 13.1 Å². The maximum absolute atomic E-state index is 11.9. The second kappa shape index (κ2) is 7.70. The van der Waals surface area contributed by atoms with Crippen molar-refractivity contribution in [1.82, 2.24) is 10.6 Å². The molecule has 0 bridgehead atoms. The molecule has 0 unspecified atom stereocenters. The van der Waals surface area contributed by atoms with Gasteiger partial charge in [-0.3, -0.25) is 4.79 Å². The summed E-state index contributed by atoms with van der Waals surface area (Å²) in [6.45, 7) is 5.18. The molecular weight excluding hydrogens is 252 g/mol. The van der Waals surface area contributed by atoms with Crippen molar-refractivity contribution in [2.45, 2.75) is 19.8 Å². The molecule has 0 spiro atoms. The van der Waals surface area contributed by atoms with E-state index in [9.17, 15) is 4.79 Å². The molecule has 1 aromatic rings. The van der Waals surface area contributed by atoms with Crippen LogP contribution in [0.4, 0.5) is 0 Å². The third-order valence-corrected chi connectivity index (χ3v) is 3.27. The highest BCUT2D eigenvalue weighted by Gasteiger charge is 2.06. The van der Waals surface area contributed by atoms with E-state index < -0.39 is 0 Å². The summed E-state index contributed by atoms with van der Waals surface area (Å²) < 4.78 is 5.38. The SMILES string of the molecule is CCOc1ccc(CC(=O)NCC2=CCNCC2)cc1. The molecule has 1 amide bonds. The molecule has 0 saturated carbocycles. The Morgan fingerprint density at radius 2 is 2.15 bits per heavy atom. The summed E-state index contributed by atoms with van der Waals surface area (Å²) in [6, 6.07) is 7.69. The summed E-state index contributed by atoms with van der Waals surface area (Å²) in [7, 11) is 0. The minimum Gasteiger partial charge on any atom is -0.494 e. The third kappa shape index (κ3) is 4.70. The molecule has 4 heteroatoms. The Hall–Kier alpha value is -1.81. The van der Waals surface area contributed by atoms with Crippen LogP contribution in [0.25, 0.3) is 0 Å². The summed E-state index contributed by atoms with van der Waals surface area (Å²) in [5, 5.41) is 6.23. The fourth-order valence-corrected chi connectivity index (χ4v) is 2.16. The van der Waals surface area contributed by atoms with Gasteiger partial charge in [-0.25, -0.2) is 0 Å². The van der Waals surface area contributed by atoms with Gasteiger partial charge in [0.05, 0.1) is 13.0 Å². The van der Waals surface area contributed by atoms with Gasteiger partial charge in [0.15, 0.2) is 0 Å². The quantitative estimate of drug-likeness (QED) is 0.776. The lowest BCUT2D eigenvalue weighted by Gasteiger charge is -2.14. The predicted molar refractivity (Wildman–Crippen MR) is 79.9 cm³/mol. The van der Waals surface area contributed by atoms with Crippen molar-refractivity contribution in [3.8, 4) is 5.75 Å². The van der Waals surface area contributed by atoms with Crippen LogP contribution in [0.15, 0.2) is 35.9 Å². The molecule has 20 heavy (non-hydrogen) atoms. The van der Waals surface area contributed by atoms with Crippen LogP contribution in [0.2, 0.25) is 0 Å². The first-order chi connectivity index (χ1) is 9.78. The molecule has 0 saturated heterocycles. The van der Waals surface area contributed by atoms with Crippen LogP contribution in [-0.4, -0.2) is 32.1 Å². The second-order valence-electron chi connectivity index (χ2n) is 4.85. The Bertz CT molecular complexity index is 466. The van der Waals surface area contributed by atoms with Crippen molar-refractivity contribution < 1.29 is 9.53 Å². The molecule has 1 aromatic carbocycles. The number of nitrogens with one attached hydrogen (secondary N) is 2. The Morgan fingerprint density at radius 3 is 2.80 bits per heavy atom. The molecule has 2 N–H and O–H groups in total. The average Bonchev–Trinajstić information content (AvgIpc) is 2.49. The van der Waals surface area contributed by atoms with Crippen molar-refractivity contribution >= 4 is 5.91 Å². The summed E-state index contributed by atoms with van der Waals surface area (Å²) in [6.07, 6.45) is 3.59. The van der Waals surface area contributed by atoms with Crippen LogP contribution in [-0.2, 0) is 11.2 Å². The van der Waals surface area contributed by atoms with E-state index in [1.165, 1.54) is 5.57 Å². The summed E-state index contributed by atoms with van der Waals surface area (Å²) in [4.78, 5) is 11.9. The van der Waals surface area contributed by atoms with Crippen molar-refractivity contribution in [2.24, 2.45) is 0 Å². The minimum atomic E-state index is 0.0635. The van der Waals surface area contributed by atoms with Crippen LogP contribution >= 0.6 is 0 Å². The number of ether oxygens (including phenoxy) is 1. The second-order valence-corrected chi connectivity index (χ2v) is 4.85. The normalized spacial score (nSPS) is 14.6. The third-order valence-electron chi connectivity index (χ3n) is 3.27. The van der Waals surface area contributed by atoms with Gasteiger partial charge in [-0.1, -0.05) is 23.8 Å². The smallest absolute Gasteiger partial charge is 0.224 e. The topological polar surface area (TPSA) is 50.4 Å². The van der Waals surface area contributed by atoms with E-state index in [-0.39, 0.29) is 5.91 Å². The van der Waals surface area contributed by atoms with E-state index in [0.29, 0.717) is 19.6 Å². The molecule has 0 radical (unpaired) electrons. The largest absolute Gasteiger partial charge is 0.494 e. The summed E-state index contributed by atoms with van der Waals surface area (Å²) in [5.41, 5.74) is 2.31. The van der Waals surface area contributed by atoms with Gasteiger partial charge < -0.3 is 15.4 Å². The molecular formula is C16H22N2O2. The van der Waals surface area contributed by atoms with Crippen LogP contribution < -0.4 is 15.4 Å². The van der Waals surface area contributed by atoms with E-state index in [1.807, 2.05) is 31.2 Å². The van der Waals surface area contributed by atoms with E-state index >= 15 is 0 Å². The zero-order valence-corrected chi connectivity index (χ0v) is 11.9. The zero-order chi connectivity index (χ0) is 14.2. The van der Waals surface area contributed by atoms with Crippen LogP contribution in [0, 0.1) is 0 Å². The maximum atomic E-state index is 11.9. The standard InChI is InChI=1S/C16H22N2O2/c1-2-20-15-5-3-13(4-6-15)11-16(19)18-12-14-7-9-17-10-8-14/h3-7,17H,2,8-12H2,1H3,(H,18,19). The van der Waals surface area contributed by atoms with Gasteiger partial charge in [0.2, 0.25) is 5.91 Å². The maximum Gasteiger partial charge on any atom is 0.224 e. The van der Waals surface area contributed by atoms with Crippen LogP contribution in [0.3, 0.4) is 0 Å². The fourth-order valence-electron chi connectivity index (χ4n) is 2.16. The van der Waals surface area contributed by atoms with Crippen LogP contribution in [0.5, 0.6) is 5.75 Å². The predicted octanol–water partition coefficient (Wildman–Crippen LogP) is 1.66. The fraction of sp³-hybridized carbons (Fsp3) is 0.438. The molecule has 0 aromatic heterocycles. The van der Waals surface area contributed by atoms with Crippen molar-refractivity contribution in [3.63, 3.8) is 0 Å². The number of amides is 1. The van der Waals surface area contributed by atoms with Gasteiger partial charge in [-0.15, -0.1) is 0 Å². The highest BCUT2D eigenvalue weighted by Crippen LogP contribution is 2.12. The Morgan fingerprint density at radius 1 is 1.35 bits per heavy atom. The first-order valence-electron chi connectivity index (χ1n) is 7.15. The van der Waals surface area contributed by atoms with Crippen LogP contribution in [0.1, 0.15) is 18.9 Å². The van der Waals surface area contributed by atoms with E-state index in [2.05, 4.69) is 16.7 Å². The Labute approximate surface area is 120 Å². The molecule has 0 atom stereocenters. The molecule has 2 rings (SSSR count). The van der Waals surface area contributed by atoms with Gasteiger partial charge in [0.1, 0.15) is 5.75 Å². The average molecular weight is 274 g/mol. The van der Waals surface area contributed by atoms with Gasteiger partial charge in [-0.05, 0) is 37.6 Å². The van der Waals surface area contributed by atoms with Crippen molar-refractivity contribution in [3.05, 3.63) is 41.5 Å². The molecule has 1 aliphatic rings. The van der Waals surface area contributed by atoms with Gasteiger partial charge >= 0.3 is 0 Å². The van der Waals surface area contributed by atoms with E-state index in [0.717, 1.165) is 30.8 Å². The molecule has 1 aliphatic heterocycles. The van der Waals surface area contributed by atoms with E-state index in [4.69, 9.17) is 4.74 Å². The van der Waals surface area contributed by atoms with Gasteiger partial charge in [0.25, 0.3) is 0 Å². The molecule has 0 aliphatic carbocycles.